The molecule has 0 atom stereocenters. The van der Waals surface area contributed by atoms with Gasteiger partial charge in [-0.1, -0.05) is 42.5 Å². The van der Waals surface area contributed by atoms with Crippen molar-refractivity contribution in [2.45, 2.75) is 26.7 Å². The third-order valence-corrected chi connectivity index (χ3v) is 4.68. The van der Waals surface area contributed by atoms with Crippen LogP contribution in [-0.2, 0) is 12.8 Å². The van der Waals surface area contributed by atoms with Crippen molar-refractivity contribution in [2.24, 2.45) is 0 Å². The predicted octanol–water partition coefficient (Wildman–Crippen LogP) is 3.42. The number of aromatic amines is 1. The lowest BCUT2D eigenvalue weighted by Crippen LogP contribution is -2.12. The summed E-state index contributed by atoms with van der Waals surface area (Å²) in [7, 11) is 0. The van der Waals surface area contributed by atoms with Crippen molar-refractivity contribution in [1.29, 1.82) is 0 Å². The Morgan fingerprint density at radius 2 is 1.86 bits per heavy atom. The minimum Gasteiger partial charge on any atom is -0.313 e. The number of hydrogen-bond donors (Lipinski definition) is 1. The molecular formula is C22H21N5O. The minimum atomic E-state index is -0.233. The van der Waals surface area contributed by atoms with E-state index in [2.05, 4.69) is 34.2 Å². The van der Waals surface area contributed by atoms with Crippen molar-refractivity contribution >= 4 is 0 Å². The quantitative estimate of drug-likeness (QED) is 0.583. The Balaban J connectivity index is 1.79. The summed E-state index contributed by atoms with van der Waals surface area (Å²) in [6.45, 7) is 4.06. The van der Waals surface area contributed by atoms with Gasteiger partial charge in [0.15, 0.2) is 11.6 Å². The first-order chi connectivity index (χ1) is 13.6. The Kier molecular flexibility index (Phi) is 4.85. The van der Waals surface area contributed by atoms with Crippen LogP contribution in [0.15, 0.2) is 65.8 Å². The van der Waals surface area contributed by atoms with E-state index in [4.69, 9.17) is 10.1 Å². The molecule has 1 N–H and O–H groups in total. The standard InChI is InChI=1S/C22H21N5O/c1-15-8-9-16(2)19(12-15)27-21(18-13-23-14-24-22(18)28)25-20(26-27)11-10-17-6-4-3-5-7-17/h3-9,12-14H,10-11H2,1-2H3,(H,23,24,28). The van der Waals surface area contributed by atoms with Gasteiger partial charge in [-0.3, -0.25) is 4.79 Å². The van der Waals surface area contributed by atoms with Crippen LogP contribution in [0.25, 0.3) is 17.1 Å². The lowest BCUT2D eigenvalue weighted by atomic mass is 10.1. The zero-order chi connectivity index (χ0) is 19.5. The highest BCUT2D eigenvalue weighted by molar-refractivity contribution is 5.57. The van der Waals surface area contributed by atoms with Crippen molar-refractivity contribution in [3.05, 3.63) is 93.9 Å². The number of aromatic nitrogens is 5. The number of hydrogen-bond acceptors (Lipinski definition) is 4. The lowest BCUT2D eigenvalue weighted by molar-refractivity contribution is 0.809. The summed E-state index contributed by atoms with van der Waals surface area (Å²) in [6, 6.07) is 16.4. The molecule has 2 aromatic carbocycles. The van der Waals surface area contributed by atoms with E-state index in [9.17, 15) is 4.79 Å². The van der Waals surface area contributed by atoms with E-state index in [0.29, 0.717) is 23.6 Å². The fraction of sp³-hybridized carbons (Fsp3) is 0.182. The molecule has 28 heavy (non-hydrogen) atoms. The molecule has 4 aromatic rings. The number of H-pyrrole nitrogens is 1. The van der Waals surface area contributed by atoms with E-state index < -0.39 is 0 Å². The number of benzene rings is 2. The summed E-state index contributed by atoms with van der Waals surface area (Å²) in [5.74, 6) is 1.20. The monoisotopic (exact) mass is 371 g/mol. The van der Waals surface area contributed by atoms with Gasteiger partial charge >= 0.3 is 0 Å². The summed E-state index contributed by atoms with van der Waals surface area (Å²) in [4.78, 5) is 23.7. The van der Waals surface area contributed by atoms with Crippen LogP contribution in [-0.4, -0.2) is 24.7 Å². The van der Waals surface area contributed by atoms with Crippen LogP contribution in [0.5, 0.6) is 0 Å². The minimum absolute atomic E-state index is 0.233. The van der Waals surface area contributed by atoms with Crippen molar-refractivity contribution < 1.29 is 0 Å². The van der Waals surface area contributed by atoms with E-state index in [0.717, 1.165) is 23.2 Å². The van der Waals surface area contributed by atoms with Gasteiger partial charge in [-0.15, -0.1) is 0 Å². The zero-order valence-electron chi connectivity index (χ0n) is 15.9. The smallest absolute Gasteiger partial charge is 0.261 e. The molecule has 0 fully saturated rings. The maximum absolute atomic E-state index is 12.4. The number of nitrogens with one attached hydrogen (secondary N) is 1. The van der Waals surface area contributed by atoms with Gasteiger partial charge in [-0.05, 0) is 43.0 Å². The van der Waals surface area contributed by atoms with Crippen LogP contribution in [0.3, 0.4) is 0 Å². The Labute approximate surface area is 162 Å². The first kappa shape index (κ1) is 17.9. The number of nitrogens with zero attached hydrogens (tertiary/aromatic N) is 4. The second-order valence-corrected chi connectivity index (χ2v) is 6.83. The van der Waals surface area contributed by atoms with Gasteiger partial charge in [0, 0.05) is 12.6 Å². The first-order valence-corrected chi connectivity index (χ1v) is 9.22. The molecule has 0 bridgehead atoms. The van der Waals surface area contributed by atoms with E-state index in [1.807, 2.05) is 38.1 Å². The molecule has 4 rings (SSSR count). The van der Waals surface area contributed by atoms with Crippen LogP contribution in [0.4, 0.5) is 0 Å². The molecule has 0 aliphatic heterocycles. The van der Waals surface area contributed by atoms with E-state index in [1.165, 1.54) is 18.1 Å². The fourth-order valence-corrected chi connectivity index (χ4v) is 3.15. The summed E-state index contributed by atoms with van der Waals surface area (Å²) in [6.07, 6.45) is 4.43. The third kappa shape index (κ3) is 3.62. The maximum Gasteiger partial charge on any atom is 0.261 e. The molecule has 0 unspecified atom stereocenters. The predicted molar refractivity (Wildman–Crippen MR) is 109 cm³/mol. The van der Waals surface area contributed by atoms with Gasteiger partial charge in [-0.2, -0.15) is 5.10 Å². The molecule has 2 heterocycles. The second kappa shape index (κ2) is 7.60. The molecule has 0 radical (unpaired) electrons. The van der Waals surface area contributed by atoms with Gasteiger partial charge in [-0.25, -0.2) is 14.6 Å². The SMILES string of the molecule is Cc1ccc(C)c(-n2nc(CCc3ccccc3)nc2-c2cnc[nH]c2=O)c1. The normalized spacial score (nSPS) is 10.9. The molecule has 0 saturated heterocycles. The largest absolute Gasteiger partial charge is 0.313 e. The van der Waals surface area contributed by atoms with Crippen molar-refractivity contribution in [1.82, 2.24) is 24.7 Å². The van der Waals surface area contributed by atoms with Crippen LogP contribution >= 0.6 is 0 Å². The molecule has 6 heteroatoms. The molecule has 2 aromatic heterocycles. The van der Waals surface area contributed by atoms with Gasteiger partial charge in [0.1, 0.15) is 5.56 Å². The van der Waals surface area contributed by atoms with E-state index in [-0.39, 0.29) is 5.56 Å². The highest BCUT2D eigenvalue weighted by Gasteiger charge is 2.18. The zero-order valence-corrected chi connectivity index (χ0v) is 15.9. The molecule has 0 spiro atoms. The lowest BCUT2D eigenvalue weighted by Gasteiger charge is -2.09. The Morgan fingerprint density at radius 3 is 2.64 bits per heavy atom. The molecule has 0 aliphatic rings. The maximum atomic E-state index is 12.4. The fourth-order valence-electron chi connectivity index (χ4n) is 3.15. The Morgan fingerprint density at radius 1 is 1.04 bits per heavy atom. The summed E-state index contributed by atoms with van der Waals surface area (Å²) in [5.41, 5.74) is 4.49. The Bertz CT molecular complexity index is 1160. The van der Waals surface area contributed by atoms with E-state index in [1.54, 1.807) is 4.68 Å². The van der Waals surface area contributed by atoms with E-state index >= 15 is 0 Å². The average molecular weight is 371 g/mol. The van der Waals surface area contributed by atoms with Crippen LogP contribution in [0, 0.1) is 13.8 Å². The molecule has 0 aliphatic carbocycles. The molecule has 6 nitrogen and oxygen atoms in total. The molecule has 0 amide bonds. The van der Waals surface area contributed by atoms with Crippen molar-refractivity contribution in [3.8, 4) is 17.1 Å². The highest BCUT2D eigenvalue weighted by Crippen LogP contribution is 2.22. The first-order valence-electron chi connectivity index (χ1n) is 9.22. The van der Waals surface area contributed by atoms with Gasteiger partial charge in [0.25, 0.3) is 5.56 Å². The topological polar surface area (TPSA) is 76.5 Å². The van der Waals surface area contributed by atoms with Crippen molar-refractivity contribution in [2.75, 3.05) is 0 Å². The van der Waals surface area contributed by atoms with Crippen LogP contribution in [0.2, 0.25) is 0 Å². The van der Waals surface area contributed by atoms with Crippen molar-refractivity contribution in [3.63, 3.8) is 0 Å². The van der Waals surface area contributed by atoms with Crippen LogP contribution in [0.1, 0.15) is 22.5 Å². The molecular weight excluding hydrogens is 350 g/mol. The third-order valence-electron chi connectivity index (χ3n) is 4.68. The van der Waals surface area contributed by atoms with Crippen LogP contribution < -0.4 is 5.56 Å². The highest BCUT2D eigenvalue weighted by atomic mass is 16.1. The molecule has 140 valence electrons. The summed E-state index contributed by atoms with van der Waals surface area (Å²) >= 11 is 0. The van der Waals surface area contributed by atoms with Gasteiger partial charge in [0.05, 0.1) is 12.0 Å². The Hall–Kier alpha value is -3.54. The average Bonchev–Trinajstić information content (AvgIpc) is 3.13. The van der Waals surface area contributed by atoms with Gasteiger partial charge in [0.2, 0.25) is 0 Å². The summed E-state index contributed by atoms with van der Waals surface area (Å²) in [5, 5.41) is 4.74. The molecule has 0 saturated carbocycles. The number of rotatable bonds is 5. The second-order valence-electron chi connectivity index (χ2n) is 6.83. The summed E-state index contributed by atoms with van der Waals surface area (Å²) < 4.78 is 1.76. The van der Waals surface area contributed by atoms with Gasteiger partial charge < -0.3 is 4.98 Å². The number of aryl methyl sites for hydroxylation is 4.